The zero-order chi connectivity index (χ0) is 28.3. The lowest BCUT2D eigenvalue weighted by Crippen LogP contribution is -2.00. The first-order valence-corrected chi connectivity index (χ1v) is 13.8. The number of rotatable bonds is 5. The molecule has 1 heterocycles. The van der Waals surface area contributed by atoms with E-state index in [4.69, 9.17) is 15.0 Å². The highest BCUT2D eigenvalue weighted by Gasteiger charge is 2.14. The van der Waals surface area contributed by atoms with Crippen molar-refractivity contribution in [1.82, 2.24) is 15.0 Å². The van der Waals surface area contributed by atoms with Crippen molar-refractivity contribution in [2.75, 3.05) is 0 Å². The van der Waals surface area contributed by atoms with Crippen LogP contribution in [0.4, 0.5) is 0 Å². The minimum Gasteiger partial charge on any atom is -0.208 e. The predicted molar refractivity (Wildman–Crippen MR) is 169 cm³/mol. The lowest BCUT2D eigenvalue weighted by molar-refractivity contribution is 1.07. The number of aromatic nitrogens is 3. The molecule has 0 bridgehead atoms. The summed E-state index contributed by atoms with van der Waals surface area (Å²) in [5.41, 5.74) is 7.89. The summed E-state index contributed by atoms with van der Waals surface area (Å²) in [7, 11) is 0. The van der Waals surface area contributed by atoms with E-state index in [0.29, 0.717) is 23.0 Å². The minimum atomic E-state index is 0.628. The van der Waals surface area contributed by atoms with Crippen LogP contribution in [0.5, 0.6) is 0 Å². The maximum absolute atomic E-state index is 9.22. The van der Waals surface area contributed by atoms with Gasteiger partial charge in [0.2, 0.25) is 0 Å². The van der Waals surface area contributed by atoms with Gasteiger partial charge >= 0.3 is 0 Å². The van der Waals surface area contributed by atoms with Gasteiger partial charge < -0.3 is 0 Å². The smallest absolute Gasteiger partial charge is 0.164 e. The third-order valence-corrected chi connectivity index (χ3v) is 7.38. The van der Waals surface area contributed by atoms with Crippen molar-refractivity contribution in [3.63, 3.8) is 0 Å². The number of benzene rings is 6. The summed E-state index contributed by atoms with van der Waals surface area (Å²) in [4.78, 5) is 14.7. The van der Waals surface area contributed by atoms with Gasteiger partial charge in [-0.3, -0.25) is 0 Å². The molecule has 1 aromatic heterocycles. The van der Waals surface area contributed by atoms with Crippen LogP contribution in [-0.4, -0.2) is 15.0 Å². The highest BCUT2D eigenvalue weighted by Crippen LogP contribution is 2.37. The van der Waals surface area contributed by atoms with Crippen molar-refractivity contribution >= 4 is 10.8 Å². The van der Waals surface area contributed by atoms with Gasteiger partial charge in [0.1, 0.15) is 0 Å². The van der Waals surface area contributed by atoms with E-state index in [1.807, 2.05) is 84.9 Å². The Morgan fingerprint density at radius 3 is 1.38 bits per heavy atom. The fourth-order valence-electron chi connectivity index (χ4n) is 5.29. The van der Waals surface area contributed by atoms with Crippen LogP contribution < -0.4 is 0 Å². The van der Waals surface area contributed by atoms with E-state index in [2.05, 4.69) is 66.7 Å². The molecule has 0 unspecified atom stereocenters. The summed E-state index contributed by atoms with van der Waals surface area (Å²) in [6, 6.07) is 51.2. The van der Waals surface area contributed by atoms with E-state index < -0.39 is 0 Å². The second-order valence-electron chi connectivity index (χ2n) is 10.0. The average molecular weight is 537 g/mol. The summed E-state index contributed by atoms with van der Waals surface area (Å²) < 4.78 is 0. The molecule has 4 heteroatoms. The normalized spacial score (nSPS) is 10.8. The van der Waals surface area contributed by atoms with Crippen LogP contribution in [-0.2, 0) is 0 Å². The van der Waals surface area contributed by atoms with E-state index in [0.717, 1.165) is 49.7 Å². The number of nitrogens with zero attached hydrogens (tertiary/aromatic N) is 4. The quantitative estimate of drug-likeness (QED) is 0.220. The summed E-state index contributed by atoms with van der Waals surface area (Å²) in [6.07, 6.45) is 0. The largest absolute Gasteiger partial charge is 0.208 e. The monoisotopic (exact) mass is 536 g/mol. The first-order valence-electron chi connectivity index (χ1n) is 13.8. The molecule has 0 saturated heterocycles. The first-order chi connectivity index (χ1) is 20.8. The number of nitriles is 1. The van der Waals surface area contributed by atoms with Crippen LogP contribution in [0.2, 0.25) is 0 Å². The molecule has 0 radical (unpaired) electrons. The maximum atomic E-state index is 9.22. The molecule has 0 amide bonds. The second-order valence-corrected chi connectivity index (χ2v) is 10.0. The lowest BCUT2D eigenvalue weighted by Gasteiger charge is -2.13. The van der Waals surface area contributed by atoms with Gasteiger partial charge in [0, 0.05) is 16.7 Å². The van der Waals surface area contributed by atoms with Crippen LogP contribution in [0.1, 0.15) is 5.56 Å². The van der Waals surface area contributed by atoms with Gasteiger partial charge in [0.15, 0.2) is 17.5 Å². The zero-order valence-electron chi connectivity index (χ0n) is 22.6. The van der Waals surface area contributed by atoms with Gasteiger partial charge in [0.05, 0.1) is 11.6 Å². The number of fused-ring (bicyclic) bond motifs is 1. The second kappa shape index (κ2) is 10.9. The van der Waals surface area contributed by atoms with Crippen LogP contribution >= 0.6 is 0 Å². The standard InChI is InChI=1S/C38H24N4/c39-25-26-18-20-27(21-19-26)32-22-23-33(35-17-8-7-16-34(32)35)30-14-9-15-31(24-30)38-41-36(28-10-3-1-4-11-28)40-37(42-38)29-12-5-2-6-13-29/h1-24H. The van der Waals surface area contributed by atoms with Crippen molar-refractivity contribution in [3.8, 4) is 62.5 Å². The van der Waals surface area contributed by atoms with Gasteiger partial charge in [-0.05, 0) is 51.2 Å². The summed E-state index contributed by atoms with van der Waals surface area (Å²) in [5.74, 6) is 1.91. The third kappa shape index (κ3) is 4.81. The lowest BCUT2D eigenvalue weighted by atomic mass is 9.91. The Morgan fingerprint density at radius 2 is 0.833 bits per heavy atom. The van der Waals surface area contributed by atoms with Crippen LogP contribution in [0.25, 0.3) is 67.2 Å². The Morgan fingerprint density at radius 1 is 0.381 bits per heavy atom. The number of hydrogen-bond acceptors (Lipinski definition) is 4. The van der Waals surface area contributed by atoms with E-state index in [1.54, 1.807) is 0 Å². The molecule has 0 saturated carbocycles. The Bertz CT molecular complexity index is 2020. The molecular formula is C38H24N4. The van der Waals surface area contributed by atoms with Crippen molar-refractivity contribution in [3.05, 3.63) is 151 Å². The Balaban J connectivity index is 1.36. The molecular weight excluding hydrogens is 512 g/mol. The first kappa shape index (κ1) is 25.1. The maximum Gasteiger partial charge on any atom is 0.164 e. The average Bonchev–Trinajstić information content (AvgIpc) is 3.08. The summed E-state index contributed by atoms with van der Waals surface area (Å²) in [6.45, 7) is 0. The molecule has 0 aliphatic carbocycles. The van der Waals surface area contributed by atoms with Gasteiger partial charge in [0.25, 0.3) is 0 Å². The van der Waals surface area contributed by atoms with Crippen molar-refractivity contribution < 1.29 is 0 Å². The van der Waals surface area contributed by atoms with E-state index >= 15 is 0 Å². The Kier molecular flexibility index (Phi) is 6.52. The zero-order valence-corrected chi connectivity index (χ0v) is 22.6. The van der Waals surface area contributed by atoms with E-state index in [1.165, 1.54) is 0 Å². The highest BCUT2D eigenvalue weighted by atomic mass is 15.0. The number of hydrogen-bond donors (Lipinski definition) is 0. The highest BCUT2D eigenvalue weighted by molar-refractivity contribution is 6.05. The van der Waals surface area contributed by atoms with Gasteiger partial charge in [-0.15, -0.1) is 0 Å². The SMILES string of the molecule is N#Cc1ccc(-c2ccc(-c3cccc(-c4nc(-c5ccccc5)nc(-c5ccccc5)n4)c3)c3ccccc23)cc1. The molecule has 196 valence electrons. The van der Waals surface area contributed by atoms with Crippen LogP contribution in [0.3, 0.4) is 0 Å². The molecule has 0 fully saturated rings. The molecule has 6 aromatic carbocycles. The molecule has 4 nitrogen and oxygen atoms in total. The van der Waals surface area contributed by atoms with Crippen molar-refractivity contribution in [1.29, 1.82) is 5.26 Å². The molecule has 7 aromatic rings. The van der Waals surface area contributed by atoms with Crippen molar-refractivity contribution in [2.45, 2.75) is 0 Å². The van der Waals surface area contributed by atoms with E-state index in [9.17, 15) is 5.26 Å². The minimum absolute atomic E-state index is 0.628. The summed E-state index contributed by atoms with van der Waals surface area (Å²) in [5, 5.41) is 11.5. The van der Waals surface area contributed by atoms with Crippen molar-refractivity contribution in [2.24, 2.45) is 0 Å². The fraction of sp³-hybridized carbons (Fsp3) is 0. The van der Waals surface area contributed by atoms with Gasteiger partial charge in [-0.2, -0.15) is 5.26 Å². The fourth-order valence-corrected chi connectivity index (χ4v) is 5.29. The molecule has 0 N–H and O–H groups in total. The van der Waals surface area contributed by atoms with E-state index in [-0.39, 0.29) is 0 Å². The summed E-state index contributed by atoms with van der Waals surface area (Å²) >= 11 is 0. The topological polar surface area (TPSA) is 62.5 Å². The molecule has 0 aliphatic rings. The van der Waals surface area contributed by atoms with Crippen LogP contribution in [0.15, 0.2) is 146 Å². The van der Waals surface area contributed by atoms with Crippen LogP contribution in [0, 0.1) is 11.3 Å². The molecule has 7 rings (SSSR count). The molecule has 0 atom stereocenters. The molecule has 0 aliphatic heterocycles. The Labute approximate surface area is 244 Å². The predicted octanol–water partition coefficient (Wildman–Crippen LogP) is 9.23. The third-order valence-electron chi connectivity index (χ3n) is 7.38. The van der Waals surface area contributed by atoms with Gasteiger partial charge in [-0.1, -0.05) is 127 Å². The molecule has 0 spiro atoms. The van der Waals surface area contributed by atoms with Gasteiger partial charge in [-0.25, -0.2) is 15.0 Å². The molecule has 42 heavy (non-hydrogen) atoms. The Hall–Kier alpha value is -5.92.